The fourth-order valence-electron chi connectivity index (χ4n) is 4.02. The van der Waals surface area contributed by atoms with Gasteiger partial charge in [-0.25, -0.2) is 14.2 Å². The maximum atomic E-state index is 13.3. The van der Waals surface area contributed by atoms with Crippen LogP contribution in [-0.2, 0) is 41.9 Å². The number of β-lactam (4-membered cyclic amide) rings is 1. The number of carboxylic acid groups (broad SMARTS) is 1. The zero-order valence-electron chi connectivity index (χ0n) is 22.3. The number of aliphatic hydroxyl groups excluding tert-OH is 1. The molecular formula is C24H28N7O8S2+. The number of nitrogens with zero attached hydrogens (tertiary/aromatic N) is 5. The summed E-state index contributed by atoms with van der Waals surface area (Å²) in [6.07, 6.45) is 3.42. The zero-order valence-corrected chi connectivity index (χ0v) is 23.9. The number of oxime groups is 1. The van der Waals surface area contributed by atoms with Gasteiger partial charge in [0.05, 0.1) is 13.2 Å². The number of aliphatic carboxylic acids is 1. The van der Waals surface area contributed by atoms with E-state index in [4.69, 9.17) is 15.3 Å². The molecule has 15 nitrogen and oxygen atoms in total. The molecule has 2 aliphatic heterocycles. The lowest BCUT2D eigenvalue weighted by Gasteiger charge is -2.49. The Balaban J connectivity index is 1.54. The van der Waals surface area contributed by atoms with Gasteiger partial charge in [-0.2, -0.15) is 9.36 Å². The molecule has 218 valence electrons. The number of nitrogens with one attached hydrogen (secondary N) is 1. The highest BCUT2D eigenvalue weighted by Gasteiger charge is 2.55. The normalized spacial score (nSPS) is 18.9. The first kappa shape index (κ1) is 29.9. The lowest BCUT2D eigenvalue weighted by molar-refractivity contribution is -0.689. The average molecular weight is 607 g/mol. The van der Waals surface area contributed by atoms with Gasteiger partial charge < -0.3 is 30.8 Å². The number of hydrogen-bond donors (Lipinski definition) is 4. The molecule has 2 atom stereocenters. The average Bonchev–Trinajstić information content (AvgIpc) is 3.37. The number of amides is 2. The van der Waals surface area contributed by atoms with E-state index in [9.17, 15) is 29.4 Å². The number of aromatic nitrogens is 3. The standard InChI is InChI=1S/C24H27N7O8S2/c1-4-38-22(37)24(2,3)39-28-14(17-27-23(25)41-29-17)18(33)26-15-19(34)31-16(21(35)36)13(11-40-20(15)31)9-30-7-5-6-12(8-30)10-32/h5-8,15,20,32H,4,9-11H2,1-3H3,(H3-,25,26,27,29,33,35,36)/p+1/t15?,20-/m0/s1. The van der Waals surface area contributed by atoms with Gasteiger partial charge in [0.1, 0.15) is 17.1 Å². The molecule has 2 aromatic rings. The molecule has 2 amide bonds. The molecule has 0 spiro atoms. The number of thioether (sulfide) groups is 1. The fraction of sp³-hybridized carbons (Fsp3) is 0.417. The smallest absolute Gasteiger partial charge is 0.352 e. The van der Waals surface area contributed by atoms with Crippen LogP contribution in [0.25, 0.3) is 0 Å². The largest absolute Gasteiger partial charge is 0.477 e. The van der Waals surface area contributed by atoms with E-state index in [1.165, 1.54) is 25.6 Å². The minimum Gasteiger partial charge on any atom is -0.477 e. The minimum atomic E-state index is -1.56. The lowest BCUT2D eigenvalue weighted by atomic mass is 10.0. The fourth-order valence-corrected chi connectivity index (χ4v) is 5.79. The quantitative estimate of drug-likeness (QED) is 0.0831. The van der Waals surface area contributed by atoms with Gasteiger partial charge in [0.25, 0.3) is 11.8 Å². The molecule has 2 aromatic heterocycles. The number of fused-ring (bicyclic) bond motifs is 1. The van der Waals surface area contributed by atoms with E-state index in [1.54, 1.807) is 36.0 Å². The van der Waals surface area contributed by atoms with Crippen LogP contribution < -0.4 is 15.6 Å². The SMILES string of the molecule is CCOC(=O)C(C)(C)ON=C(C(=O)NC1C(=O)N2C(C(=O)O)=C(C[n+]3cccc(CO)c3)CS[C@@H]12)c1nsc(N)n1. The van der Waals surface area contributed by atoms with Crippen molar-refractivity contribution in [3.63, 3.8) is 0 Å². The van der Waals surface area contributed by atoms with Crippen molar-refractivity contribution in [2.75, 3.05) is 18.1 Å². The summed E-state index contributed by atoms with van der Waals surface area (Å²) in [5.74, 6) is -3.41. The number of hydrogen-bond acceptors (Lipinski definition) is 13. The molecular weight excluding hydrogens is 578 g/mol. The summed E-state index contributed by atoms with van der Waals surface area (Å²) in [7, 11) is 0. The van der Waals surface area contributed by atoms with Gasteiger partial charge in [-0.1, -0.05) is 5.16 Å². The first-order valence-corrected chi connectivity index (χ1v) is 14.1. The summed E-state index contributed by atoms with van der Waals surface area (Å²) < 4.78 is 10.7. The third-order valence-electron chi connectivity index (χ3n) is 6.01. The maximum Gasteiger partial charge on any atom is 0.352 e. The monoisotopic (exact) mass is 606 g/mol. The maximum absolute atomic E-state index is 13.3. The second-order valence-corrected chi connectivity index (χ2v) is 11.3. The van der Waals surface area contributed by atoms with E-state index in [-0.39, 0.29) is 42.2 Å². The summed E-state index contributed by atoms with van der Waals surface area (Å²) in [6.45, 7) is 4.55. The van der Waals surface area contributed by atoms with Crippen molar-refractivity contribution in [2.45, 2.75) is 50.9 Å². The second kappa shape index (κ2) is 12.2. The molecule has 1 saturated heterocycles. The van der Waals surface area contributed by atoms with E-state index in [1.807, 2.05) is 0 Å². The van der Waals surface area contributed by atoms with Crippen LogP contribution in [0.4, 0.5) is 5.13 Å². The van der Waals surface area contributed by atoms with Crippen LogP contribution in [-0.4, -0.2) is 83.3 Å². The van der Waals surface area contributed by atoms with Crippen LogP contribution in [0.2, 0.25) is 0 Å². The molecule has 0 bridgehead atoms. The Labute approximate surface area is 242 Å². The number of aliphatic hydroxyl groups is 1. The Morgan fingerprint density at radius 3 is 2.76 bits per heavy atom. The van der Waals surface area contributed by atoms with E-state index in [0.29, 0.717) is 11.1 Å². The number of rotatable bonds is 11. The van der Waals surface area contributed by atoms with Crippen molar-refractivity contribution in [3.8, 4) is 0 Å². The minimum absolute atomic E-state index is 0.0463. The highest BCUT2D eigenvalue weighted by atomic mass is 32.2. The Morgan fingerprint density at radius 1 is 1.37 bits per heavy atom. The van der Waals surface area contributed by atoms with Gasteiger partial charge in [-0.3, -0.25) is 14.5 Å². The number of carbonyl (C=O) groups is 4. The van der Waals surface area contributed by atoms with Crippen molar-refractivity contribution < 1.29 is 43.5 Å². The Hall–Kier alpha value is -4.09. The van der Waals surface area contributed by atoms with Gasteiger partial charge >= 0.3 is 11.9 Å². The van der Waals surface area contributed by atoms with Gasteiger partial charge in [0.15, 0.2) is 24.1 Å². The summed E-state index contributed by atoms with van der Waals surface area (Å²) in [4.78, 5) is 61.3. The molecule has 0 aromatic carbocycles. The third kappa shape index (κ3) is 6.31. The number of nitrogens with two attached hydrogens (primary N) is 1. The van der Waals surface area contributed by atoms with Gasteiger partial charge in [0, 0.05) is 34.5 Å². The number of ether oxygens (including phenoxy) is 1. The van der Waals surface area contributed by atoms with E-state index < -0.39 is 46.5 Å². The van der Waals surface area contributed by atoms with Crippen LogP contribution in [0.15, 0.2) is 41.0 Å². The number of anilines is 1. The number of carboxylic acids is 1. The molecule has 4 rings (SSSR count). The Morgan fingerprint density at radius 2 is 2.12 bits per heavy atom. The number of carbonyl (C=O) groups excluding carboxylic acids is 3. The van der Waals surface area contributed by atoms with E-state index >= 15 is 0 Å². The summed E-state index contributed by atoms with van der Waals surface area (Å²) in [6, 6.07) is 2.39. The first-order chi connectivity index (χ1) is 19.5. The molecule has 1 fully saturated rings. The van der Waals surface area contributed by atoms with Crippen molar-refractivity contribution in [1.82, 2.24) is 19.6 Å². The molecule has 5 N–H and O–H groups in total. The molecule has 2 aliphatic rings. The third-order valence-corrected chi connectivity index (χ3v) is 7.89. The predicted molar refractivity (Wildman–Crippen MR) is 145 cm³/mol. The second-order valence-electron chi connectivity index (χ2n) is 9.38. The molecule has 4 heterocycles. The molecule has 1 unspecified atom stereocenters. The highest BCUT2D eigenvalue weighted by molar-refractivity contribution is 8.00. The predicted octanol–water partition coefficient (Wildman–Crippen LogP) is -0.599. The van der Waals surface area contributed by atoms with Crippen LogP contribution in [0.1, 0.15) is 32.2 Å². The van der Waals surface area contributed by atoms with E-state index in [2.05, 4.69) is 19.8 Å². The highest BCUT2D eigenvalue weighted by Crippen LogP contribution is 2.40. The Bertz CT molecular complexity index is 1440. The zero-order chi connectivity index (χ0) is 29.9. The first-order valence-electron chi connectivity index (χ1n) is 12.3. The number of pyridine rings is 1. The Kier molecular flexibility index (Phi) is 8.89. The molecule has 0 radical (unpaired) electrons. The van der Waals surface area contributed by atoms with Gasteiger partial charge in [-0.15, -0.1) is 11.8 Å². The van der Waals surface area contributed by atoms with Crippen molar-refractivity contribution in [1.29, 1.82) is 0 Å². The van der Waals surface area contributed by atoms with Crippen LogP contribution >= 0.6 is 23.3 Å². The van der Waals surface area contributed by atoms with Crippen LogP contribution in [0.5, 0.6) is 0 Å². The lowest BCUT2D eigenvalue weighted by Crippen LogP contribution is -2.71. The molecule has 0 saturated carbocycles. The van der Waals surface area contributed by atoms with Crippen molar-refractivity contribution >= 4 is 57.9 Å². The van der Waals surface area contributed by atoms with Gasteiger partial charge in [0.2, 0.25) is 17.1 Å². The van der Waals surface area contributed by atoms with Crippen molar-refractivity contribution in [2.24, 2.45) is 5.16 Å². The summed E-state index contributed by atoms with van der Waals surface area (Å²) >= 11 is 2.09. The van der Waals surface area contributed by atoms with Gasteiger partial charge in [-0.05, 0) is 26.8 Å². The molecule has 0 aliphatic carbocycles. The van der Waals surface area contributed by atoms with Crippen molar-refractivity contribution in [3.05, 3.63) is 47.2 Å². The number of esters is 1. The molecule has 41 heavy (non-hydrogen) atoms. The number of nitrogen functional groups attached to an aromatic ring is 1. The van der Waals surface area contributed by atoms with E-state index in [0.717, 1.165) is 16.4 Å². The van der Waals surface area contributed by atoms with Crippen LogP contribution in [0, 0.1) is 0 Å². The summed E-state index contributed by atoms with van der Waals surface area (Å²) in [5, 5.41) is 25.1. The summed E-state index contributed by atoms with van der Waals surface area (Å²) in [5.41, 5.74) is 4.66. The topological polar surface area (TPSA) is 211 Å². The molecule has 17 heteroatoms. The van der Waals surface area contributed by atoms with Crippen LogP contribution in [0.3, 0.4) is 0 Å².